The van der Waals surface area contributed by atoms with Gasteiger partial charge in [0.25, 0.3) is 0 Å². The second kappa shape index (κ2) is 6.62. The van der Waals surface area contributed by atoms with Crippen LogP contribution in [-0.2, 0) is 0 Å². The first-order valence-electron chi connectivity index (χ1n) is 8.27. The quantitative estimate of drug-likeness (QED) is 0.812. The molecule has 2 amide bonds. The summed E-state index contributed by atoms with van der Waals surface area (Å²) in [6.45, 7) is 3.94. The van der Waals surface area contributed by atoms with Crippen molar-refractivity contribution in [3.8, 4) is 0 Å². The van der Waals surface area contributed by atoms with E-state index in [0.29, 0.717) is 0 Å². The minimum Gasteiger partial charge on any atom is -0.459 e. The maximum Gasteiger partial charge on any atom is 0.315 e. The maximum atomic E-state index is 12.2. The Kier molecular flexibility index (Phi) is 4.57. The van der Waals surface area contributed by atoms with Crippen molar-refractivity contribution in [2.24, 2.45) is 0 Å². The first-order valence-corrected chi connectivity index (χ1v) is 8.27. The molecule has 0 bridgehead atoms. The third-order valence-electron chi connectivity index (χ3n) is 4.65. The van der Waals surface area contributed by atoms with Crippen molar-refractivity contribution < 1.29 is 14.3 Å². The molecule has 1 aliphatic rings. The minimum absolute atomic E-state index is 0.141. The van der Waals surface area contributed by atoms with Crippen LogP contribution >= 0.6 is 0 Å². The third kappa shape index (κ3) is 3.50. The Morgan fingerprint density at radius 3 is 2.65 bits per heavy atom. The molecule has 1 fully saturated rings. The number of amides is 2. The molecule has 1 atom stereocenters. The fraction of sp³-hybridized carbons (Fsp3) is 0.500. The van der Waals surface area contributed by atoms with Crippen molar-refractivity contribution in [2.45, 2.75) is 57.7 Å². The number of hydrogen-bond acceptors (Lipinski definition) is 3. The lowest BCUT2D eigenvalue weighted by Crippen LogP contribution is -2.44. The Morgan fingerprint density at radius 2 is 1.96 bits per heavy atom. The standard InChI is InChI=1S/C18H24N2O3/c1-11-15-5-3-4-6-16(15)23-17(11)12(2)19-18(22)20-13-7-9-14(21)10-8-13/h3-6,12-14,21H,7-10H2,1-2H3,(H2,19,20,22)/t12-,13?,14?/m0/s1. The van der Waals surface area contributed by atoms with E-state index < -0.39 is 0 Å². The number of aliphatic hydroxyl groups is 1. The van der Waals surface area contributed by atoms with Crippen LogP contribution in [0, 0.1) is 6.92 Å². The van der Waals surface area contributed by atoms with Gasteiger partial charge in [0, 0.05) is 17.0 Å². The fourth-order valence-corrected chi connectivity index (χ4v) is 3.32. The molecular weight excluding hydrogens is 292 g/mol. The van der Waals surface area contributed by atoms with E-state index in [2.05, 4.69) is 10.6 Å². The Bertz CT molecular complexity index is 687. The van der Waals surface area contributed by atoms with Gasteiger partial charge in [0.1, 0.15) is 11.3 Å². The summed E-state index contributed by atoms with van der Waals surface area (Å²) in [5.74, 6) is 0.792. The highest BCUT2D eigenvalue weighted by atomic mass is 16.3. The topological polar surface area (TPSA) is 74.5 Å². The summed E-state index contributed by atoms with van der Waals surface area (Å²) >= 11 is 0. The molecule has 1 heterocycles. The molecule has 3 N–H and O–H groups in total. The van der Waals surface area contributed by atoms with Crippen LogP contribution in [-0.4, -0.2) is 23.3 Å². The van der Waals surface area contributed by atoms with Gasteiger partial charge in [-0.2, -0.15) is 0 Å². The van der Waals surface area contributed by atoms with Crippen molar-refractivity contribution in [3.63, 3.8) is 0 Å². The predicted molar refractivity (Wildman–Crippen MR) is 89.3 cm³/mol. The molecule has 5 nitrogen and oxygen atoms in total. The summed E-state index contributed by atoms with van der Waals surface area (Å²) in [5, 5.41) is 16.5. The monoisotopic (exact) mass is 316 g/mol. The van der Waals surface area contributed by atoms with Gasteiger partial charge in [-0.3, -0.25) is 0 Å². The molecule has 5 heteroatoms. The number of aryl methyl sites for hydroxylation is 1. The van der Waals surface area contributed by atoms with Crippen molar-refractivity contribution in [1.82, 2.24) is 10.6 Å². The van der Waals surface area contributed by atoms with Gasteiger partial charge in [0.15, 0.2) is 0 Å². The number of furan rings is 1. The highest BCUT2D eigenvalue weighted by Gasteiger charge is 2.23. The van der Waals surface area contributed by atoms with Crippen LogP contribution < -0.4 is 10.6 Å². The van der Waals surface area contributed by atoms with E-state index >= 15 is 0 Å². The van der Waals surface area contributed by atoms with E-state index in [9.17, 15) is 9.90 Å². The number of para-hydroxylation sites is 1. The van der Waals surface area contributed by atoms with Crippen LogP contribution in [0.15, 0.2) is 28.7 Å². The van der Waals surface area contributed by atoms with Gasteiger partial charge in [0.05, 0.1) is 12.1 Å². The number of fused-ring (bicyclic) bond motifs is 1. The molecule has 2 aromatic rings. The molecule has 23 heavy (non-hydrogen) atoms. The molecule has 1 saturated carbocycles. The van der Waals surface area contributed by atoms with Gasteiger partial charge in [-0.05, 0) is 45.6 Å². The highest BCUT2D eigenvalue weighted by Crippen LogP contribution is 2.29. The fourth-order valence-electron chi connectivity index (χ4n) is 3.32. The Morgan fingerprint density at radius 1 is 1.26 bits per heavy atom. The number of urea groups is 1. The SMILES string of the molecule is Cc1c([C@H](C)NC(=O)NC2CCC(O)CC2)oc2ccccc12. The Hall–Kier alpha value is -2.01. The van der Waals surface area contributed by atoms with Gasteiger partial charge >= 0.3 is 6.03 Å². The van der Waals surface area contributed by atoms with Crippen LogP contribution in [0.25, 0.3) is 11.0 Å². The number of benzene rings is 1. The smallest absolute Gasteiger partial charge is 0.315 e. The maximum absolute atomic E-state index is 12.2. The third-order valence-corrected chi connectivity index (χ3v) is 4.65. The van der Waals surface area contributed by atoms with Gasteiger partial charge in [-0.25, -0.2) is 4.79 Å². The summed E-state index contributed by atoms with van der Waals surface area (Å²) in [7, 11) is 0. The van der Waals surface area contributed by atoms with E-state index in [1.54, 1.807) is 0 Å². The summed E-state index contributed by atoms with van der Waals surface area (Å²) < 4.78 is 5.89. The number of rotatable bonds is 3. The summed E-state index contributed by atoms with van der Waals surface area (Å²) in [6.07, 6.45) is 2.94. The Balaban J connectivity index is 1.62. The van der Waals surface area contributed by atoms with Crippen LogP contribution in [0.1, 0.15) is 50.0 Å². The van der Waals surface area contributed by atoms with E-state index in [-0.39, 0.29) is 24.2 Å². The van der Waals surface area contributed by atoms with Crippen molar-refractivity contribution >= 4 is 17.0 Å². The van der Waals surface area contributed by atoms with Crippen LogP contribution in [0.4, 0.5) is 4.79 Å². The molecule has 0 saturated heterocycles. The van der Waals surface area contributed by atoms with E-state index in [4.69, 9.17) is 4.42 Å². The molecule has 0 aliphatic heterocycles. The van der Waals surface area contributed by atoms with Gasteiger partial charge in [0.2, 0.25) is 0 Å². The summed E-state index contributed by atoms with van der Waals surface area (Å²) in [6, 6.07) is 7.65. The lowest BCUT2D eigenvalue weighted by Gasteiger charge is -2.26. The predicted octanol–water partition coefficient (Wildman–Crippen LogP) is 3.40. The largest absolute Gasteiger partial charge is 0.459 e. The van der Waals surface area contributed by atoms with Crippen molar-refractivity contribution in [3.05, 3.63) is 35.6 Å². The van der Waals surface area contributed by atoms with Gasteiger partial charge < -0.3 is 20.2 Å². The minimum atomic E-state index is -0.215. The molecule has 0 spiro atoms. The molecular formula is C18H24N2O3. The average Bonchev–Trinajstić information content (AvgIpc) is 2.87. The van der Waals surface area contributed by atoms with E-state index in [1.165, 1.54) is 0 Å². The van der Waals surface area contributed by atoms with Crippen LogP contribution in [0.2, 0.25) is 0 Å². The molecule has 0 radical (unpaired) electrons. The number of nitrogens with one attached hydrogen (secondary N) is 2. The zero-order valence-electron chi connectivity index (χ0n) is 13.6. The molecule has 124 valence electrons. The van der Waals surface area contributed by atoms with Crippen LogP contribution in [0.3, 0.4) is 0 Å². The molecule has 1 aromatic carbocycles. The zero-order chi connectivity index (χ0) is 16.4. The number of hydrogen-bond donors (Lipinski definition) is 3. The van der Waals surface area contributed by atoms with Crippen molar-refractivity contribution in [1.29, 1.82) is 0 Å². The van der Waals surface area contributed by atoms with Gasteiger partial charge in [-0.1, -0.05) is 18.2 Å². The molecule has 1 aromatic heterocycles. The second-order valence-corrected chi connectivity index (χ2v) is 6.43. The number of aliphatic hydroxyl groups excluding tert-OH is 1. The summed E-state index contributed by atoms with van der Waals surface area (Å²) in [4.78, 5) is 12.2. The summed E-state index contributed by atoms with van der Waals surface area (Å²) in [5.41, 5.74) is 1.91. The average molecular weight is 316 g/mol. The molecule has 1 aliphatic carbocycles. The number of carbonyl (C=O) groups is 1. The van der Waals surface area contributed by atoms with E-state index in [1.807, 2.05) is 38.1 Å². The zero-order valence-corrected chi connectivity index (χ0v) is 13.6. The van der Waals surface area contributed by atoms with Crippen molar-refractivity contribution in [2.75, 3.05) is 0 Å². The van der Waals surface area contributed by atoms with E-state index in [0.717, 1.165) is 48.0 Å². The van der Waals surface area contributed by atoms with Crippen LogP contribution in [0.5, 0.6) is 0 Å². The lowest BCUT2D eigenvalue weighted by molar-refractivity contribution is 0.117. The second-order valence-electron chi connectivity index (χ2n) is 6.43. The van der Waals surface area contributed by atoms with Gasteiger partial charge in [-0.15, -0.1) is 0 Å². The first-order chi connectivity index (χ1) is 11.0. The normalized spacial score (nSPS) is 22.7. The molecule has 0 unspecified atom stereocenters. The molecule has 3 rings (SSSR count). The Labute approximate surface area is 136 Å². The first kappa shape index (κ1) is 15.9. The highest BCUT2D eigenvalue weighted by molar-refractivity contribution is 5.82. The number of carbonyl (C=O) groups excluding carboxylic acids is 1. The lowest BCUT2D eigenvalue weighted by atomic mass is 9.93.